The van der Waals surface area contributed by atoms with E-state index in [0.717, 1.165) is 18.3 Å². The number of aromatic amines is 1. The third-order valence-electron chi connectivity index (χ3n) is 5.14. The second-order valence-corrected chi connectivity index (χ2v) is 7.86. The standard InChI is InChI=1S/C22H21F4N5O2/c1-12-10-31(11-13(2)33-12)21-28-9-17(23)19(30-21)29-18-7-15(8-27-20(18)32)14-3-5-16(6-4-14)22(24,25)26/h3-9,12-13H,10-11H2,1-2H3,(H,27,32)(H,28,29,30)/t12-,13+. The molecule has 1 saturated heterocycles. The lowest BCUT2D eigenvalue weighted by Crippen LogP contribution is -2.46. The molecule has 1 aliphatic heterocycles. The predicted molar refractivity (Wildman–Crippen MR) is 115 cm³/mol. The SMILES string of the molecule is C[C@@H]1CN(c2ncc(F)c(Nc3cc(-c4ccc(C(F)(F)F)cc4)c[nH]c3=O)n2)C[C@H](C)O1. The quantitative estimate of drug-likeness (QED) is 0.560. The number of nitrogens with zero attached hydrogens (tertiary/aromatic N) is 3. The Morgan fingerprint density at radius 2 is 1.79 bits per heavy atom. The Hall–Kier alpha value is -3.47. The van der Waals surface area contributed by atoms with Gasteiger partial charge in [-0.25, -0.2) is 9.37 Å². The molecule has 3 heterocycles. The summed E-state index contributed by atoms with van der Waals surface area (Å²) in [6, 6.07) is 5.92. The maximum atomic E-state index is 14.4. The number of anilines is 3. The molecule has 2 atom stereocenters. The molecule has 0 amide bonds. The zero-order valence-electron chi connectivity index (χ0n) is 17.8. The van der Waals surface area contributed by atoms with Crippen molar-refractivity contribution in [1.29, 1.82) is 0 Å². The van der Waals surface area contributed by atoms with Crippen LogP contribution in [0.15, 0.2) is 47.5 Å². The van der Waals surface area contributed by atoms with Crippen LogP contribution in [-0.2, 0) is 10.9 Å². The highest BCUT2D eigenvalue weighted by atomic mass is 19.4. The first-order valence-corrected chi connectivity index (χ1v) is 10.2. The van der Waals surface area contributed by atoms with E-state index in [0.29, 0.717) is 24.2 Å². The molecule has 0 bridgehead atoms. The summed E-state index contributed by atoms with van der Waals surface area (Å²) in [4.78, 5) is 25.0. The molecule has 11 heteroatoms. The van der Waals surface area contributed by atoms with Crippen molar-refractivity contribution < 1.29 is 22.3 Å². The zero-order valence-corrected chi connectivity index (χ0v) is 17.8. The first-order valence-electron chi connectivity index (χ1n) is 10.2. The topological polar surface area (TPSA) is 83.1 Å². The summed E-state index contributed by atoms with van der Waals surface area (Å²) >= 11 is 0. The third kappa shape index (κ3) is 5.14. The fourth-order valence-electron chi connectivity index (χ4n) is 3.66. The van der Waals surface area contributed by atoms with Crippen LogP contribution < -0.4 is 15.8 Å². The third-order valence-corrected chi connectivity index (χ3v) is 5.14. The van der Waals surface area contributed by atoms with Gasteiger partial charge in [0.05, 0.1) is 24.0 Å². The Morgan fingerprint density at radius 3 is 2.42 bits per heavy atom. The number of benzene rings is 1. The zero-order chi connectivity index (χ0) is 23.8. The van der Waals surface area contributed by atoms with Gasteiger partial charge in [0.25, 0.3) is 5.56 Å². The van der Waals surface area contributed by atoms with Crippen LogP contribution in [0.3, 0.4) is 0 Å². The van der Waals surface area contributed by atoms with Crippen molar-refractivity contribution in [3.63, 3.8) is 0 Å². The maximum Gasteiger partial charge on any atom is 0.416 e. The molecule has 0 unspecified atom stereocenters. The Kier molecular flexibility index (Phi) is 6.07. The van der Waals surface area contributed by atoms with Crippen molar-refractivity contribution >= 4 is 17.5 Å². The molecule has 174 valence electrons. The van der Waals surface area contributed by atoms with Crippen molar-refractivity contribution in [2.24, 2.45) is 0 Å². The molecule has 4 rings (SSSR count). The van der Waals surface area contributed by atoms with Crippen molar-refractivity contribution in [2.75, 3.05) is 23.3 Å². The van der Waals surface area contributed by atoms with Crippen LogP contribution in [0, 0.1) is 5.82 Å². The second-order valence-electron chi connectivity index (χ2n) is 7.86. The van der Waals surface area contributed by atoms with E-state index in [1.54, 1.807) is 0 Å². The normalized spacial score (nSPS) is 18.9. The highest BCUT2D eigenvalue weighted by Crippen LogP contribution is 2.31. The van der Waals surface area contributed by atoms with Gasteiger partial charge in [0, 0.05) is 24.8 Å². The van der Waals surface area contributed by atoms with Gasteiger partial charge in [-0.2, -0.15) is 18.2 Å². The molecule has 0 radical (unpaired) electrons. The van der Waals surface area contributed by atoms with Crippen LogP contribution in [0.25, 0.3) is 11.1 Å². The minimum atomic E-state index is -4.45. The number of rotatable bonds is 4. The molecule has 0 spiro atoms. The van der Waals surface area contributed by atoms with Gasteiger partial charge in [0.15, 0.2) is 11.6 Å². The minimum Gasteiger partial charge on any atom is -0.372 e. The van der Waals surface area contributed by atoms with Crippen LogP contribution in [0.4, 0.5) is 35.0 Å². The van der Waals surface area contributed by atoms with Crippen LogP contribution in [-0.4, -0.2) is 40.2 Å². The maximum absolute atomic E-state index is 14.4. The summed E-state index contributed by atoms with van der Waals surface area (Å²) in [6.45, 7) is 4.88. The summed E-state index contributed by atoms with van der Waals surface area (Å²) in [6.07, 6.45) is -2.17. The Bertz CT molecular complexity index is 1190. The number of ether oxygens (including phenoxy) is 1. The van der Waals surface area contributed by atoms with E-state index in [1.807, 2.05) is 18.7 Å². The lowest BCUT2D eigenvalue weighted by Gasteiger charge is -2.35. The number of hydrogen-bond donors (Lipinski definition) is 2. The molecular weight excluding hydrogens is 442 g/mol. The molecule has 1 fully saturated rings. The number of H-pyrrole nitrogens is 1. The molecule has 0 saturated carbocycles. The van der Waals surface area contributed by atoms with Gasteiger partial charge in [-0.1, -0.05) is 12.1 Å². The summed E-state index contributed by atoms with van der Waals surface area (Å²) in [5.74, 6) is -0.662. The van der Waals surface area contributed by atoms with E-state index in [4.69, 9.17) is 4.74 Å². The molecule has 33 heavy (non-hydrogen) atoms. The van der Waals surface area contributed by atoms with Crippen LogP contribution in [0.1, 0.15) is 19.4 Å². The number of aromatic nitrogens is 3. The Balaban J connectivity index is 1.61. The highest BCUT2D eigenvalue weighted by molar-refractivity contribution is 5.69. The molecule has 7 nitrogen and oxygen atoms in total. The van der Waals surface area contributed by atoms with Gasteiger partial charge in [0.2, 0.25) is 5.95 Å². The van der Waals surface area contributed by atoms with E-state index in [2.05, 4.69) is 20.3 Å². The number of alkyl halides is 3. The van der Waals surface area contributed by atoms with Gasteiger partial charge >= 0.3 is 6.18 Å². The van der Waals surface area contributed by atoms with Gasteiger partial charge in [-0.05, 0) is 37.6 Å². The largest absolute Gasteiger partial charge is 0.416 e. The summed E-state index contributed by atoms with van der Waals surface area (Å²) in [5, 5.41) is 2.68. The molecule has 1 aromatic carbocycles. The number of halogens is 4. The first kappa shape index (κ1) is 22.7. The molecule has 0 aliphatic carbocycles. The Morgan fingerprint density at radius 1 is 1.12 bits per heavy atom. The highest BCUT2D eigenvalue weighted by Gasteiger charge is 2.30. The van der Waals surface area contributed by atoms with E-state index in [9.17, 15) is 22.4 Å². The summed E-state index contributed by atoms with van der Waals surface area (Å²) in [5.41, 5.74) is -0.450. The van der Waals surface area contributed by atoms with Gasteiger partial charge in [0.1, 0.15) is 5.69 Å². The molecule has 3 aromatic rings. The first-order chi connectivity index (χ1) is 15.6. The predicted octanol–water partition coefficient (Wildman–Crippen LogP) is 4.35. The molecule has 2 N–H and O–H groups in total. The number of pyridine rings is 1. The monoisotopic (exact) mass is 463 g/mol. The summed E-state index contributed by atoms with van der Waals surface area (Å²) < 4.78 is 58.6. The van der Waals surface area contributed by atoms with E-state index >= 15 is 0 Å². The van der Waals surface area contributed by atoms with Crippen molar-refractivity contribution in [2.45, 2.75) is 32.2 Å². The molecular formula is C22H21F4N5O2. The Labute approximate surface area is 186 Å². The van der Waals surface area contributed by atoms with Crippen LogP contribution in [0.2, 0.25) is 0 Å². The van der Waals surface area contributed by atoms with Crippen LogP contribution in [0.5, 0.6) is 0 Å². The average molecular weight is 463 g/mol. The fraction of sp³-hybridized carbons (Fsp3) is 0.318. The summed E-state index contributed by atoms with van der Waals surface area (Å²) in [7, 11) is 0. The number of hydrogen-bond acceptors (Lipinski definition) is 6. The number of morpholine rings is 1. The van der Waals surface area contributed by atoms with Crippen molar-refractivity contribution in [1.82, 2.24) is 15.0 Å². The fourth-order valence-corrected chi connectivity index (χ4v) is 3.66. The lowest BCUT2D eigenvalue weighted by atomic mass is 10.1. The average Bonchev–Trinajstić information content (AvgIpc) is 2.75. The second kappa shape index (κ2) is 8.81. The van der Waals surface area contributed by atoms with Gasteiger partial charge < -0.3 is 19.9 Å². The smallest absolute Gasteiger partial charge is 0.372 e. The lowest BCUT2D eigenvalue weighted by molar-refractivity contribution is -0.137. The van der Waals surface area contributed by atoms with E-state index in [-0.39, 0.29) is 29.7 Å². The molecule has 1 aliphatic rings. The van der Waals surface area contributed by atoms with Crippen molar-refractivity contribution in [3.05, 3.63) is 64.5 Å². The van der Waals surface area contributed by atoms with Crippen molar-refractivity contribution in [3.8, 4) is 11.1 Å². The van der Waals surface area contributed by atoms with E-state index < -0.39 is 23.1 Å². The van der Waals surface area contributed by atoms with E-state index in [1.165, 1.54) is 24.4 Å². The van der Waals surface area contributed by atoms with Gasteiger partial charge in [-0.15, -0.1) is 0 Å². The minimum absolute atomic E-state index is 0.0142. The van der Waals surface area contributed by atoms with Crippen LogP contribution >= 0.6 is 0 Å². The van der Waals surface area contributed by atoms with Gasteiger partial charge in [-0.3, -0.25) is 4.79 Å². The number of nitrogens with one attached hydrogen (secondary N) is 2. The molecule has 2 aromatic heterocycles.